The third-order valence-corrected chi connectivity index (χ3v) is 3.15. The summed E-state index contributed by atoms with van der Waals surface area (Å²) >= 11 is 0. The molecule has 0 spiro atoms. The number of anilines is 1. The van der Waals surface area contributed by atoms with Gasteiger partial charge in [-0.2, -0.15) is 5.10 Å². The molecule has 5 nitrogen and oxygen atoms in total. The van der Waals surface area contributed by atoms with Gasteiger partial charge in [0.05, 0.1) is 12.3 Å². The van der Waals surface area contributed by atoms with E-state index >= 15 is 0 Å². The normalized spacial score (nSPS) is 12.3. The van der Waals surface area contributed by atoms with Crippen LogP contribution in [0.25, 0.3) is 5.52 Å². The maximum absolute atomic E-state index is 5.58. The van der Waals surface area contributed by atoms with Gasteiger partial charge in [0, 0.05) is 31.0 Å². The van der Waals surface area contributed by atoms with Crippen molar-refractivity contribution in [1.29, 1.82) is 0 Å². The second-order valence-corrected chi connectivity index (χ2v) is 6.78. The van der Waals surface area contributed by atoms with Crippen LogP contribution in [0.5, 0.6) is 0 Å². The van der Waals surface area contributed by atoms with Gasteiger partial charge in [0.2, 0.25) is 0 Å². The number of nitrogens with one attached hydrogen (secondary N) is 1. The Bertz CT molecular complexity index is 583. The number of rotatable bonds is 6. The summed E-state index contributed by atoms with van der Waals surface area (Å²) in [5.41, 5.74) is 2.10. The number of fused-ring (bicyclic) bond motifs is 1. The molecule has 0 radical (unpaired) electrons. The minimum atomic E-state index is 0.0314. The first-order chi connectivity index (χ1) is 9.88. The van der Waals surface area contributed by atoms with Gasteiger partial charge in [0.25, 0.3) is 0 Å². The maximum atomic E-state index is 5.58. The lowest BCUT2D eigenvalue weighted by molar-refractivity contribution is 0.118. The first-order valence-corrected chi connectivity index (χ1v) is 7.54. The van der Waals surface area contributed by atoms with E-state index in [1.54, 1.807) is 6.20 Å². The van der Waals surface area contributed by atoms with Gasteiger partial charge in [0.15, 0.2) is 5.82 Å². The van der Waals surface area contributed by atoms with Crippen LogP contribution in [0.2, 0.25) is 0 Å². The van der Waals surface area contributed by atoms with Gasteiger partial charge >= 0.3 is 0 Å². The van der Waals surface area contributed by atoms with Gasteiger partial charge in [-0.3, -0.25) is 0 Å². The predicted octanol–water partition coefficient (Wildman–Crippen LogP) is 3.11. The SMILES string of the molecule is CC(C)COCCNc1nccn2nc(C(C)(C)C)cc12. The highest BCUT2D eigenvalue weighted by Crippen LogP contribution is 2.24. The van der Waals surface area contributed by atoms with Crippen molar-refractivity contribution in [2.75, 3.05) is 25.1 Å². The molecule has 1 N–H and O–H groups in total. The van der Waals surface area contributed by atoms with Crippen LogP contribution in [0, 0.1) is 5.92 Å². The Morgan fingerprint density at radius 3 is 2.76 bits per heavy atom. The molecule has 2 rings (SSSR count). The van der Waals surface area contributed by atoms with Gasteiger partial charge in [-0.25, -0.2) is 9.50 Å². The lowest BCUT2D eigenvalue weighted by atomic mass is 9.92. The van der Waals surface area contributed by atoms with Crippen molar-refractivity contribution in [2.45, 2.75) is 40.0 Å². The van der Waals surface area contributed by atoms with Crippen LogP contribution < -0.4 is 5.32 Å². The Kier molecular flexibility index (Phi) is 4.83. The summed E-state index contributed by atoms with van der Waals surface area (Å²) in [7, 11) is 0. The van der Waals surface area contributed by atoms with E-state index in [1.807, 2.05) is 10.7 Å². The molecule has 0 bridgehead atoms. The Balaban J connectivity index is 2.04. The Morgan fingerprint density at radius 1 is 1.33 bits per heavy atom. The van der Waals surface area contributed by atoms with E-state index in [0.29, 0.717) is 12.5 Å². The van der Waals surface area contributed by atoms with Gasteiger partial charge in [-0.1, -0.05) is 34.6 Å². The van der Waals surface area contributed by atoms with Gasteiger partial charge in [-0.05, 0) is 12.0 Å². The molecular weight excluding hydrogens is 264 g/mol. The Labute approximate surface area is 126 Å². The van der Waals surface area contributed by atoms with Crippen LogP contribution in [-0.4, -0.2) is 34.4 Å². The lowest BCUT2D eigenvalue weighted by Crippen LogP contribution is -2.13. The van der Waals surface area contributed by atoms with E-state index in [-0.39, 0.29) is 5.41 Å². The molecule has 2 aromatic heterocycles. The van der Waals surface area contributed by atoms with Gasteiger partial charge in [0.1, 0.15) is 5.52 Å². The molecule has 0 fully saturated rings. The molecule has 2 heterocycles. The summed E-state index contributed by atoms with van der Waals surface area (Å²) in [5, 5.41) is 7.95. The molecule has 0 aliphatic rings. The van der Waals surface area contributed by atoms with E-state index in [0.717, 1.165) is 30.2 Å². The average Bonchev–Trinajstić information content (AvgIpc) is 2.82. The van der Waals surface area contributed by atoms with E-state index in [4.69, 9.17) is 4.74 Å². The fourth-order valence-corrected chi connectivity index (χ4v) is 1.99. The zero-order valence-corrected chi connectivity index (χ0v) is 13.7. The lowest BCUT2D eigenvalue weighted by Gasteiger charge is -2.13. The summed E-state index contributed by atoms with van der Waals surface area (Å²) in [6.07, 6.45) is 3.65. The molecule has 116 valence electrons. The van der Waals surface area contributed by atoms with Crippen LogP contribution in [0.3, 0.4) is 0 Å². The molecule has 0 unspecified atom stereocenters. The molecule has 0 saturated heterocycles. The molecule has 0 aromatic carbocycles. The standard InChI is InChI=1S/C16H26N4O/c1-12(2)11-21-9-7-18-15-13-10-14(16(3,4)5)19-20(13)8-6-17-15/h6,8,10,12H,7,9,11H2,1-5H3,(H,17,18). The molecule has 0 aliphatic heterocycles. The number of hydrogen-bond donors (Lipinski definition) is 1. The molecular formula is C16H26N4O. The summed E-state index contributed by atoms with van der Waals surface area (Å²) < 4.78 is 7.46. The van der Waals surface area contributed by atoms with E-state index in [1.165, 1.54) is 0 Å². The van der Waals surface area contributed by atoms with Crippen molar-refractivity contribution >= 4 is 11.3 Å². The van der Waals surface area contributed by atoms with Crippen LogP contribution in [0.4, 0.5) is 5.82 Å². The van der Waals surface area contributed by atoms with Crippen molar-refractivity contribution in [3.63, 3.8) is 0 Å². The van der Waals surface area contributed by atoms with E-state index < -0.39 is 0 Å². The van der Waals surface area contributed by atoms with Crippen LogP contribution in [0.1, 0.15) is 40.3 Å². The fraction of sp³-hybridized carbons (Fsp3) is 0.625. The molecule has 0 saturated carbocycles. The smallest absolute Gasteiger partial charge is 0.152 e. The molecule has 21 heavy (non-hydrogen) atoms. The zero-order chi connectivity index (χ0) is 15.5. The van der Waals surface area contributed by atoms with E-state index in [9.17, 15) is 0 Å². The third-order valence-electron chi connectivity index (χ3n) is 3.15. The van der Waals surface area contributed by atoms with Gasteiger partial charge in [-0.15, -0.1) is 0 Å². The molecule has 0 atom stereocenters. The Hall–Kier alpha value is -1.62. The highest BCUT2D eigenvalue weighted by Gasteiger charge is 2.18. The molecule has 0 aliphatic carbocycles. The quantitative estimate of drug-likeness (QED) is 0.831. The molecule has 0 amide bonds. The number of ether oxygens (including phenoxy) is 1. The monoisotopic (exact) mass is 290 g/mol. The first-order valence-electron chi connectivity index (χ1n) is 7.54. The van der Waals surface area contributed by atoms with E-state index in [2.05, 4.69) is 56.1 Å². The summed E-state index contributed by atoms with van der Waals surface area (Å²) in [6, 6.07) is 2.10. The van der Waals surface area contributed by atoms with Crippen LogP contribution >= 0.6 is 0 Å². The number of hydrogen-bond acceptors (Lipinski definition) is 4. The van der Waals surface area contributed by atoms with Crippen molar-refractivity contribution in [3.8, 4) is 0 Å². The minimum Gasteiger partial charge on any atom is -0.379 e. The largest absolute Gasteiger partial charge is 0.379 e. The summed E-state index contributed by atoms with van der Waals surface area (Å²) in [4.78, 5) is 4.41. The van der Waals surface area contributed by atoms with Gasteiger partial charge < -0.3 is 10.1 Å². The topological polar surface area (TPSA) is 51.5 Å². The van der Waals surface area contributed by atoms with Crippen LogP contribution in [-0.2, 0) is 10.2 Å². The summed E-state index contributed by atoms with van der Waals surface area (Å²) in [6.45, 7) is 13.0. The highest BCUT2D eigenvalue weighted by molar-refractivity contribution is 5.68. The van der Waals surface area contributed by atoms with Crippen molar-refractivity contribution < 1.29 is 4.74 Å². The van der Waals surface area contributed by atoms with Crippen molar-refractivity contribution in [2.24, 2.45) is 5.92 Å². The zero-order valence-electron chi connectivity index (χ0n) is 13.7. The molecule has 2 aromatic rings. The third kappa shape index (κ3) is 4.17. The second-order valence-electron chi connectivity index (χ2n) is 6.78. The predicted molar refractivity (Wildman–Crippen MR) is 85.8 cm³/mol. The number of aromatic nitrogens is 3. The van der Waals surface area contributed by atoms with Crippen molar-refractivity contribution in [3.05, 3.63) is 24.2 Å². The molecule has 5 heteroatoms. The average molecular weight is 290 g/mol. The van der Waals surface area contributed by atoms with Crippen LogP contribution in [0.15, 0.2) is 18.5 Å². The Morgan fingerprint density at radius 2 is 2.10 bits per heavy atom. The highest BCUT2D eigenvalue weighted by atomic mass is 16.5. The van der Waals surface area contributed by atoms with Crippen molar-refractivity contribution in [1.82, 2.24) is 14.6 Å². The second kappa shape index (κ2) is 6.43. The summed E-state index contributed by atoms with van der Waals surface area (Å²) in [5.74, 6) is 1.42. The minimum absolute atomic E-state index is 0.0314. The fourth-order valence-electron chi connectivity index (χ4n) is 1.99. The maximum Gasteiger partial charge on any atom is 0.152 e. The number of nitrogens with zero attached hydrogens (tertiary/aromatic N) is 3. The first kappa shape index (κ1) is 15.8.